The van der Waals surface area contributed by atoms with Crippen molar-refractivity contribution in [3.05, 3.63) is 67.7 Å². The van der Waals surface area contributed by atoms with Crippen molar-refractivity contribution < 1.29 is 18.0 Å². The molecule has 5 nitrogen and oxygen atoms in total. The zero-order valence-electron chi connectivity index (χ0n) is 16.8. The molecule has 2 N–H and O–H groups in total. The summed E-state index contributed by atoms with van der Waals surface area (Å²) in [5.41, 5.74) is -1.08. The molecular weight excluding hydrogens is 463 g/mol. The van der Waals surface area contributed by atoms with Crippen LogP contribution in [0.4, 0.5) is 13.2 Å². The maximum Gasteiger partial charge on any atom is 0.416 e. The van der Waals surface area contributed by atoms with Crippen LogP contribution in [0.25, 0.3) is 16.6 Å². The lowest BCUT2D eigenvalue weighted by Gasteiger charge is -2.22. The first-order valence-corrected chi connectivity index (χ1v) is 10.9. The van der Waals surface area contributed by atoms with E-state index in [1.807, 2.05) is 0 Å². The van der Waals surface area contributed by atoms with Gasteiger partial charge in [0.25, 0.3) is 11.5 Å². The number of hydrogen-bond donors (Lipinski definition) is 2. The zero-order valence-corrected chi connectivity index (χ0v) is 18.3. The molecule has 2 aromatic carbocycles. The standard InChI is InChI=1S/C22H19ClF3N3O2S/c23-16-9-7-13(22(24,25)26)11-18(16)29-20(31)15-8-6-12(10-17(15)28-21(29)32)19(30)27-14-4-2-1-3-5-14/h6-11,14H,1-5H2,(H,27,30)(H,28,32). The van der Waals surface area contributed by atoms with Gasteiger partial charge in [-0.1, -0.05) is 30.9 Å². The van der Waals surface area contributed by atoms with Crippen molar-refractivity contribution in [1.29, 1.82) is 0 Å². The number of H-pyrrole nitrogens is 1. The van der Waals surface area contributed by atoms with Crippen LogP contribution in [-0.2, 0) is 6.18 Å². The van der Waals surface area contributed by atoms with Crippen molar-refractivity contribution in [3.63, 3.8) is 0 Å². The van der Waals surface area contributed by atoms with Gasteiger partial charge in [-0.05, 0) is 61.5 Å². The number of alkyl halides is 3. The van der Waals surface area contributed by atoms with Gasteiger partial charge in [-0.2, -0.15) is 13.2 Å². The molecule has 0 radical (unpaired) electrons. The normalized spacial score (nSPS) is 15.1. The smallest absolute Gasteiger partial charge is 0.349 e. The van der Waals surface area contributed by atoms with Crippen molar-refractivity contribution >= 4 is 40.6 Å². The molecule has 1 aliphatic carbocycles. The third kappa shape index (κ3) is 4.45. The Labute approximate surface area is 191 Å². The van der Waals surface area contributed by atoms with Crippen molar-refractivity contribution in [2.45, 2.75) is 44.3 Å². The number of carbonyl (C=O) groups excluding carboxylic acids is 1. The topological polar surface area (TPSA) is 66.9 Å². The van der Waals surface area contributed by atoms with E-state index in [9.17, 15) is 22.8 Å². The molecule has 1 aliphatic rings. The van der Waals surface area contributed by atoms with Crippen LogP contribution in [0, 0.1) is 4.77 Å². The fraction of sp³-hybridized carbons (Fsp3) is 0.318. The fourth-order valence-electron chi connectivity index (χ4n) is 3.95. The summed E-state index contributed by atoms with van der Waals surface area (Å²) in [7, 11) is 0. The average molecular weight is 482 g/mol. The van der Waals surface area contributed by atoms with E-state index in [4.69, 9.17) is 23.8 Å². The number of rotatable bonds is 3. The molecule has 0 unspecified atom stereocenters. The van der Waals surface area contributed by atoms with E-state index < -0.39 is 17.3 Å². The van der Waals surface area contributed by atoms with Crippen molar-refractivity contribution in [2.75, 3.05) is 0 Å². The van der Waals surface area contributed by atoms with Gasteiger partial charge in [-0.25, -0.2) is 0 Å². The first kappa shape index (κ1) is 22.5. The van der Waals surface area contributed by atoms with Gasteiger partial charge in [-0.15, -0.1) is 0 Å². The van der Waals surface area contributed by atoms with Crippen molar-refractivity contribution in [2.24, 2.45) is 0 Å². The van der Waals surface area contributed by atoms with E-state index >= 15 is 0 Å². The maximum absolute atomic E-state index is 13.2. The second-order valence-electron chi connectivity index (χ2n) is 7.80. The molecule has 0 aliphatic heterocycles. The molecule has 1 heterocycles. The Kier molecular flexibility index (Phi) is 6.13. The SMILES string of the molecule is O=C(NC1CCCCC1)c1ccc2c(=O)n(-c3cc(C(F)(F)F)ccc3Cl)c(=S)[nH]c2c1. The van der Waals surface area contributed by atoms with Gasteiger partial charge in [0.2, 0.25) is 0 Å². The second kappa shape index (κ2) is 8.71. The molecule has 32 heavy (non-hydrogen) atoms. The number of aromatic amines is 1. The second-order valence-corrected chi connectivity index (χ2v) is 8.60. The molecule has 1 aromatic heterocycles. The molecule has 0 bridgehead atoms. The molecule has 1 fully saturated rings. The van der Waals surface area contributed by atoms with E-state index in [0.717, 1.165) is 48.4 Å². The van der Waals surface area contributed by atoms with Crippen molar-refractivity contribution in [3.8, 4) is 5.69 Å². The zero-order chi connectivity index (χ0) is 23.0. The predicted octanol–water partition coefficient (Wildman–Crippen LogP) is 5.78. The van der Waals surface area contributed by atoms with Crippen LogP contribution < -0.4 is 10.9 Å². The van der Waals surface area contributed by atoms with Crippen LogP contribution in [0.3, 0.4) is 0 Å². The summed E-state index contributed by atoms with van der Waals surface area (Å²) in [5, 5.41) is 3.12. The third-order valence-corrected chi connectivity index (χ3v) is 6.22. The van der Waals surface area contributed by atoms with E-state index in [-0.39, 0.29) is 32.8 Å². The van der Waals surface area contributed by atoms with E-state index in [2.05, 4.69) is 10.3 Å². The van der Waals surface area contributed by atoms with Gasteiger partial charge in [-0.3, -0.25) is 14.2 Å². The van der Waals surface area contributed by atoms with E-state index in [1.54, 1.807) is 0 Å². The number of fused-ring (bicyclic) bond motifs is 1. The molecular formula is C22H19ClF3N3O2S. The van der Waals surface area contributed by atoms with E-state index in [1.165, 1.54) is 24.6 Å². The Hall–Kier alpha value is -2.65. The molecule has 3 aromatic rings. The summed E-state index contributed by atoms with van der Waals surface area (Å²) in [6, 6.07) is 7.30. The van der Waals surface area contributed by atoms with Crippen molar-refractivity contribution in [1.82, 2.24) is 14.9 Å². The summed E-state index contributed by atoms with van der Waals surface area (Å²) in [6.07, 6.45) is 0.585. The minimum atomic E-state index is -4.61. The Morgan fingerprint density at radius 2 is 1.84 bits per heavy atom. The molecule has 0 saturated heterocycles. The first-order valence-electron chi connectivity index (χ1n) is 10.1. The van der Waals surface area contributed by atoms with Crippen LogP contribution in [-0.4, -0.2) is 21.5 Å². The van der Waals surface area contributed by atoms with Gasteiger partial charge in [0.15, 0.2) is 4.77 Å². The average Bonchev–Trinajstić information content (AvgIpc) is 2.74. The van der Waals surface area contributed by atoms with E-state index in [0.29, 0.717) is 11.1 Å². The Morgan fingerprint density at radius 1 is 1.12 bits per heavy atom. The largest absolute Gasteiger partial charge is 0.416 e. The first-order chi connectivity index (χ1) is 15.1. The molecule has 10 heteroatoms. The molecule has 1 saturated carbocycles. The number of aromatic nitrogens is 2. The van der Waals surface area contributed by atoms with Crippen LogP contribution in [0.5, 0.6) is 0 Å². The summed E-state index contributed by atoms with van der Waals surface area (Å²) < 4.78 is 40.3. The molecule has 0 spiro atoms. The molecule has 0 atom stereocenters. The quantitative estimate of drug-likeness (QED) is 0.466. The number of hydrogen-bond acceptors (Lipinski definition) is 3. The molecule has 168 valence electrons. The van der Waals surface area contributed by atoms with Crippen LogP contribution in [0.1, 0.15) is 48.0 Å². The van der Waals surface area contributed by atoms with Gasteiger partial charge < -0.3 is 10.3 Å². The lowest BCUT2D eigenvalue weighted by Crippen LogP contribution is -2.36. The maximum atomic E-state index is 13.2. The number of nitrogens with zero attached hydrogens (tertiary/aromatic N) is 1. The lowest BCUT2D eigenvalue weighted by atomic mass is 9.95. The van der Waals surface area contributed by atoms with Crippen LogP contribution >= 0.6 is 23.8 Å². The van der Waals surface area contributed by atoms with Gasteiger partial charge in [0.1, 0.15) is 0 Å². The fourth-order valence-corrected chi connectivity index (χ4v) is 4.45. The Balaban J connectivity index is 1.75. The minimum Gasteiger partial charge on any atom is -0.349 e. The van der Waals surface area contributed by atoms with Gasteiger partial charge in [0, 0.05) is 11.6 Å². The molecule has 4 rings (SSSR count). The highest BCUT2D eigenvalue weighted by molar-refractivity contribution is 7.71. The highest BCUT2D eigenvalue weighted by Crippen LogP contribution is 2.33. The Bertz CT molecular complexity index is 1310. The van der Waals surface area contributed by atoms with Crippen LogP contribution in [0.2, 0.25) is 5.02 Å². The number of amides is 1. The minimum absolute atomic E-state index is 0.0533. The highest BCUT2D eigenvalue weighted by atomic mass is 35.5. The monoisotopic (exact) mass is 481 g/mol. The summed E-state index contributed by atoms with van der Waals surface area (Å²) in [4.78, 5) is 28.6. The lowest BCUT2D eigenvalue weighted by molar-refractivity contribution is -0.137. The summed E-state index contributed by atoms with van der Waals surface area (Å²) in [5.74, 6) is -0.247. The number of nitrogens with one attached hydrogen (secondary N) is 2. The predicted molar refractivity (Wildman–Crippen MR) is 119 cm³/mol. The third-order valence-electron chi connectivity index (χ3n) is 5.61. The molecule has 1 amide bonds. The number of halogens is 4. The number of carbonyl (C=O) groups is 1. The van der Waals surface area contributed by atoms with Gasteiger partial charge in [0.05, 0.1) is 27.2 Å². The highest BCUT2D eigenvalue weighted by Gasteiger charge is 2.31. The number of benzene rings is 2. The Morgan fingerprint density at radius 3 is 2.53 bits per heavy atom. The summed E-state index contributed by atoms with van der Waals surface area (Å²) >= 11 is 11.3. The van der Waals surface area contributed by atoms with Crippen LogP contribution in [0.15, 0.2) is 41.2 Å². The summed E-state index contributed by atoms with van der Waals surface area (Å²) in [6.45, 7) is 0. The van der Waals surface area contributed by atoms with Gasteiger partial charge >= 0.3 is 6.18 Å².